The van der Waals surface area contributed by atoms with E-state index in [4.69, 9.17) is 25.8 Å². The Bertz CT molecular complexity index is 928. The van der Waals surface area contributed by atoms with Crippen LogP contribution in [0.5, 0.6) is 5.75 Å². The molecule has 1 aliphatic heterocycles. The van der Waals surface area contributed by atoms with E-state index in [9.17, 15) is 14.4 Å². The Hall–Kier alpha value is -3.10. The lowest BCUT2D eigenvalue weighted by molar-refractivity contribution is -0.142. The van der Waals surface area contributed by atoms with Crippen LogP contribution in [0.15, 0.2) is 48.5 Å². The molecule has 31 heavy (non-hydrogen) atoms. The van der Waals surface area contributed by atoms with Crippen LogP contribution in [0.1, 0.15) is 15.9 Å². The fraction of sp³-hybridized carbons (Fsp3) is 0.318. The van der Waals surface area contributed by atoms with E-state index in [1.807, 2.05) is 0 Å². The molecule has 0 saturated carbocycles. The van der Waals surface area contributed by atoms with E-state index in [1.165, 1.54) is 7.11 Å². The van der Waals surface area contributed by atoms with Crippen LogP contribution in [0.3, 0.4) is 0 Å². The number of morpholine rings is 1. The lowest BCUT2D eigenvalue weighted by Crippen LogP contribution is -2.43. The molecule has 9 heteroatoms. The molecule has 0 aromatic heterocycles. The molecule has 1 aliphatic rings. The van der Waals surface area contributed by atoms with Gasteiger partial charge in [-0.2, -0.15) is 0 Å². The maximum atomic E-state index is 12.5. The fourth-order valence-corrected chi connectivity index (χ4v) is 3.28. The molecule has 1 atom stereocenters. The molecule has 1 saturated heterocycles. The number of ether oxygens (including phenoxy) is 3. The van der Waals surface area contributed by atoms with Crippen molar-refractivity contribution >= 4 is 29.6 Å². The van der Waals surface area contributed by atoms with Gasteiger partial charge in [-0.15, -0.1) is 0 Å². The number of hydrogen-bond donors (Lipinski definition) is 1. The second kappa shape index (κ2) is 10.8. The number of amides is 2. The Morgan fingerprint density at radius 1 is 1.10 bits per heavy atom. The van der Waals surface area contributed by atoms with E-state index >= 15 is 0 Å². The fourth-order valence-electron chi connectivity index (χ4n) is 3.06. The number of carbonyl (C=O) groups is 3. The number of halogens is 1. The van der Waals surface area contributed by atoms with Gasteiger partial charge in [0.2, 0.25) is 0 Å². The number of esters is 1. The van der Waals surface area contributed by atoms with Crippen molar-refractivity contribution in [2.75, 3.05) is 33.4 Å². The molecular formula is C22H23ClN2O6. The zero-order chi connectivity index (χ0) is 22.2. The first kappa shape index (κ1) is 22.6. The van der Waals surface area contributed by atoms with E-state index in [-0.39, 0.29) is 17.0 Å². The van der Waals surface area contributed by atoms with Crippen molar-refractivity contribution < 1.29 is 28.6 Å². The molecule has 0 unspecified atom stereocenters. The van der Waals surface area contributed by atoms with Crippen LogP contribution in [0.2, 0.25) is 5.02 Å². The number of nitrogens with zero attached hydrogens (tertiary/aromatic N) is 1. The normalized spacial score (nSPS) is 14.5. The number of hydrogen-bond acceptors (Lipinski definition) is 6. The van der Waals surface area contributed by atoms with Crippen molar-refractivity contribution in [3.8, 4) is 5.75 Å². The van der Waals surface area contributed by atoms with Crippen LogP contribution in [-0.2, 0) is 20.7 Å². The smallest absolute Gasteiger partial charge is 0.415 e. The van der Waals surface area contributed by atoms with E-state index in [0.29, 0.717) is 32.1 Å². The highest BCUT2D eigenvalue weighted by Crippen LogP contribution is 2.17. The predicted octanol–water partition coefficient (Wildman–Crippen LogP) is 2.69. The van der Waals surface area contributed by atoms with Crippen LogP contribution < -0.4 is 10.1 Å². The Kier molecular flexibility index (Phi) is 7.86. The molecule has 1 fully saturated rings. The molecule has 1 N–H and O–H groups in total. The Labute approximate surface area is 185 Å². The Morgan fingerprint density at radius 3 is 2.42 bits per heavy atom. The summed E-state index contributed by atoms with van der Waals surface area (Å²) in [5.41, 5.74) is 1.02. The minimum absolute atomic E-state index is 0.195. The van der Waals surface area contributed by atoms with Crippen LogP contribution >= 0.6 is 11.6 Å². The summed E-state index contributed by atoms with van der Waals surface area (Å²) in [6.45, 7) is 1.96. The molecular weight excluding hydrogens is 424 g/mol. The molecule has 3 rings (SSSR count). The molecule has 1 heterocycles. The van der Waals surface area contributed by atoms with Crippen molar-refractivity contribution in [3.05, 3.63) is 64.7 Å². The minimum Gasteiger partial charge on any atom is -0.467 e. The van der Waals surface area contributed by atoms with Gasteiger partial charge in [0.1, 0.15) is 11.8 Å². The first-order chi connectivity index (χ1) is 15.0. The summed E-state index contributed by atoms with van der Waals surface area (Å²) in [4.78, 5) is 38.5. The highest BCUT2D eigenvalue weighted by molar-refractivity contribution is 6.33. The second-order valence-corrected chi connectivity index (χ2v) is 7.25. The number of nitrogens with one attached hydrogen (secondary N) is 1. The SMILES string of the molecule is COC(=O)[C@H](Cc1ccc(OC(=O)N2CCOCC2)cc1)NC(=O)c1ccccc1Cl. The molecule has 164 valence electrons. The highest BCUT2D eigenvalue weighted by Gasteiger charge is 2.24. The van der Waals surface area contributed by atoms with E-state index in [0.717, 1.165) is 5.56 Å². The monoisotopic (exact) mass is 446 g/mol. The zero-order valence-corrected chi connectivity index (χ0v) is 17.8. The number of methoxy groups -OCH3 is 1. The van der Waals surface area contributed by atoms with Gasteiger partial charge < -0.3 is 24.4 Å². The van der Waals surface area contributed by atoms with Gasteiger partial charge in [0.25, 0.3) is 5.91 Å². The van der Waals surface area contributed by atoms with Crippen LogP contribution in [0.4, 0.5) is 4.79 Å². The third-order valence-corrected chi connectivity index (χ3v) is 5.08. The van der Waals surface area contributed by atoms with E-state index in [1.54, 1.807) is 53.4 Å². The van der Waals surface area contributed by atoms with Gasteiger partial charge in [-0.3, -0.25) is 4.79 Å². The third-order valence-electron chi connectivity index (χ3n) is 4.75. The molecule has 2 aromatic carbocycles. The average molecular weight is 447 g/mol. The molecule has 0 spiro atoms. The maximum Gasteiger partial charge on any atom is 0.415 e. The van der Waals surface area contributed by atoms with Gasteiger partial charge in [0.05, 0.1) is 30.9 Å². The second-order valence-electron chi connectivity index (χ2n) is 6.84. The summed E-state index contributed by atoms with van der Waals surface area (Å²) in [5.74, 6) is -0.671. The Morgan fingerprint density at radius 2 is 1.77 bits per heavy atom. The van der Waals surface area contributed by atoms with Gasteiger partial charge in [0, 0.05) is 19.5 Å². The molecule has 0 radical (unpaired) electrons. The van der Waals surface area contributed by atoms with E-state index in [2.05, 4.69) is 5.32 Å². The summed E-state index contributed by atoms with van der Waals surface area (Å²) >= 11 is 6.06. The minimum atomic E-state index is -0.907. The number of benzene rings is 2. The van der Waals surface area contributed by atoms with Gasteiger partial charge in [0.15, 0.2) is 0 Å². The quantitative estimate of drug-likeness (QED) is 0.685. The van der Waals surface area contributed by atoms with Crippen molar-refractivity contribution in [3.63, 3.8) is 0 Å². The summed E-state index contributed by atoms with van der Waals surface area (Å²) in [6.07, 6.45) is -0.240. The number of carbonyl (C=O) groups excluding carboxylic acids is 3. The lowest BCUT2D eigenvalue weighted by atomic mass is 10.1. The van der Waals surface area contributed by atoms with Crippen LogP contribution in [0.25, 0.3) is 0 Å². The van der Waals surface area contributed by atoms with Gasteiger partial charge >= 0.3 is 12.1 Å². The molecule has 0 aliphatic carbocycles. The van der Waals surface area contributed by atoms with Crippen molar-refractivity contribution in [2.45, 2.75) is 12.5 Å². The molecule has 2 aromatic rings. The Balaban J connectivity index is 1.63. The van der Waals surface area contributed by atoms with Crippen LogP contribution in [0, 0.1) is 0 Å². The molecule has 2 amide bonds. The third kappa shape index (κ3) is 6.19. The first-order valence-electron chi connectivity index (χ1n) is 9.74. The van der Waals surface area contributed by atoms with Gasteiger partial charge in [-0.05, 0) is 29.8 Å². The van der Waals surface area contributed by atoms with Crippen LogP contribution in [-0.4, -0.2) is 62.3 Å². The summed E-state index contributed by atoms with van der Waals surface area (Å²) in [5, 5.41) is 2.95. The summed E-state index contributed by atoms with van der Waals surface area (Å²) in [6, 6.07) is 12.4. The summed E-state index contributed by atoms with van der Waals surface area (Å²) in [7, 11) is 1.26. The van der Waals surface area contributed by atoms with E-state index < -0.39 is 24.0 Å². The number of rotatable bonds is 6. The first-order valence-corrected chi connectivity index (χ1v) is 10.1. The van der Waals surface area contributed by atoms with Crippen molar-refractivity contribution in [1.29, 1.82) is 0 Å². The molecule has 8 nitrogen and oxygen atoms in total. The van der Waals surface area contributed by atoms with Crippen molar-refractivity contribution in [1.82, 2.24) is 10.2 Å². The standard InChI is InChI=1S/C22H23ClN2O6/c1-29-21(27)19(24-20(26)17-4-2-3-5-18(17)23)14-15-6-8-16(9-7-15)31-22(28)25-10-12-30-13-11-25/h2-9,19H,10-14H2,1H3,(H,24,26)/t19-/m0/s1. The van der Waals surface area contributed by atoms with Gasteiger partial charge in [-0.1, -0.05) is 35.9 Å². The summed E-state index contributed by atoms with van der Waals surface area (Å²) < 4.78 is 15.4. The zero-order valence-electron chi connectivity index (χ0n) is 17.0. The lowest BCUT2D eigenvalue weighted by Gasteiger charge is -2.25. The molecule has 0 bridgehead atoms. The maximum absolute atomic E-state index is 12.5. The largest absolute Gasteiger partial charge is 0.467 e. The topological polar surface area (TPSA) is 94.2 Å². The average Bonchev–Trinajstić information content (AvgIpc) is 2.80. The van der Waals surface area contributed by atoms with Crippen molar-refractivity contribution in [2.24, 2.45) is 0 Å². The van der Waals surface area contributed by atoms with Gasteiger partial charge in [-0.25, -0.2) is 9.59 Å². The predicted molar refractivity (Wildman–Crippen MR) is 113 cm³/mol. The highest BCUT2D eigenvalue weighted by atomic mass is 35.5.